The van der Waals surface area contributed by atoms with Crippen molar-refractivity contribution in [1.29, 1.82) is 0 Å². The molecule has 6 heteroatoms. The Bertz CT molecular complexity index is 669. The SMILES string of the molecule is O=S(=O)(NCc1ccc(F)cc1)c1ccccc1O. The van der Waals surface area contributed by atoms with E-state index >= 15 is 0 Å². The van der Waals surface area contributed by atoms with E-state index in [4.69, 9.17) is 0 Å². The molecule has 4 nitrogen and oxygen atoms in total. The van der Waals surface area contributed by atoms with Crippen molar-refractivity contribution < 1.29 is 17.9 Å². The maximum atomic E-state index is 12.7. The zero-order chi connectivity index (χ0) is 13.9. The predicted molar refractivity (Wildman–Crippen MR) is 68.5 cm³/mol. The largest absolute Gasteiger partial charge is 0.507 e. The maximum absolute atomic E-state index is 12.7. The number of hydrogen-bond donors (Lipinski definition) is 2. The summed E-state index contributed by atoms with van der Waals surface area (Å²) in [7, 11) is -3.79. The van der Waals surface area contributed by atoms with Gasteiger partial charge in [0.15, 0.2) is 0 Å². The summed E-state index contributed by atoms with van der Waals surface area (Å²) in [4.78, 5) is -0.183. The Labute approximate surface area is 110 Å². The first-order chi connectivity index (χ1) is 8.99. The molecule has 0 amide bonds. The summed E-state index contributed by atoms with van der Waals surface area (Å²) in [6.45, 7) is 0.0247. The fraction of sp³-hybridized carbons (Fsp3) is 0.0769. The number of nitrogens with one attached hydrogen (secondary N) is 1. The van der Waals surface area contributed by atoms with E-state index in [1.807, 2.05) is 0 Å². The molecule has 0 bridgehead atoms. The van der Waals surface area contributed by atoms with Gasteiger partial charge in [0.1, 0.15) is 16.5 Å². The van der Waals surface area contributed by atoms with Gasteiger partial charge in [-0.2, -0.15) is 0 Å². The molecule has 2 aromatic rings. The van der Waals surface area contributed by atoms with Crippen LogP contribution in [0.5, 0.6) is 5.75 Å². The zero-order valence-electron chi connectivity index (χ0n) is 9.88. The summed E-state index contributed by atoms with van der Waals surface area (Å²) < 4.78 is 38.9. The maximum Gasteiger partial charge on any atom is 0.244 e. The van der Waals surface area contributed by atoms with E-state index < -0.39 is 10.0 Å². The van der Waals surface area contributed by atoms with Gasteiger partial charge >= 0.3 is 0 Å². The average molecular weight is 281 g/mol. The number of benzene rings is 2. The molecule has 0 fully saturated rings. The highest BCUT2D eigenvalue weighted by Crippen LogP contribution is 2.21. The molecule has 0 aliphatic carbocycles. The molecule has 0 spiro atoms. The van der Waals surface area contributed by atoms with Crippen LogP contribution in [0, 0.1) is 5.82 Å². The van der Waals surface area contributed by atoms with Crippen LogP contribution in [0.4, 0.5) is 4.39 Å². The van der Waals surface area contributed by atoms with Crippen molar-refractivity contribution in [1.82, 2.24) is 4.72 Å². The van der Waals surface area contributed by atoms with Gasteiger partial charge in [-0.25, -0.2) is 17.5 Å². The Morgan fingerprint density at radius 3 is 2.32 bits per heavy atom. The first kappa shape index (κ1) is 13.5. The van der Waals surface area contributed by atoms with Crippen molar-refractivity contribution in [2.24, 2.45) is 0 Å². The van der Waals surface area contributed by atoms with Crippen LogP contribution in [-0.2, 0) is 16.6 Å². The summed E-state index contributed by atoms with van der Waals surface area (Å²) in [6, 6.07) is 11.1. The quantitative estimate of drug-likeness (QED) is 0.901. The zero-order valence-corrected chi connectivity index (χ0v) is 10.7. The second-order valence-electron chi connectivity index (χ2n) is 3.92. The molecule has 0 heterocycles. The number of phenolic OH excluding ortho intramolecular Hbond substituents is 1. The molecular weight excluding hydrogens is 269 g/mol. The van der Waals surface area contributed by atoms with Gasteiger partial charge in [0, 0.05) is 6.54 Å². The van der Waals surface area contributed by atoms with Crippen LogP contribution in [0.3, 0.4) is 0 Å². The highest BCUT2D eigenvalue weighted by Gasteiger charge is 2.17. The normalized spacial score (nSPS) is 11.4. The van der Waals surface area contributed by atoms with Crippen LogP contribution < -0.4 is 4.72 Å². The molecule has 0 unspecified atom stereocenters. The second-order valence-corrected chi connectivity index (χ2v) is 5.65. The Morgan fingerprint density at radius 2 is 1.68 bits per heavy atom. The van der Waals surface area contributed by atoms with Crippen LogP contribution in [0.1, 0.15) is 5.56 Å². The Kier molecular flexibility index (Phi) is 3.82. The lowest BCUT2D eigenvalue weighted by atomic mass is 10.2. The van der Waals surface area contributed by atoms with Crippen LogP contribution >= 0.6 is 0 Å². The molecule has 0 aliphatic heterocycles. The molecule has 0 aliphatic rings. The van der Waals surface area contributed by atoms with Crippen molar-refractivity contribution in [2.45, 2.75) is 11.4 Å². The van der Waals surface area contributed by atoms with E-state index in [0.717, 1.165) is 0 Å². The molecule has 100 valence electrons. The van der Waals surface area contributed by atoms with Gasteiger partial charge in [-0.3, -0.25) is 0 Å². The molecule has 19 heavy (non-hydrogen) atoms. The Balaban J connectivity index is 2.14. The smallest absolute Gasteiger partial charge is 0.244 e. The van der Waals surface area contributed by atoms with Gasteiger partial charge in [0.2, 0.25) is 10.0 Å². The number of para-hydroxylation sites is 1. The first-order valence-electron chi connectivity index (χ1n) is 5.51. The van der Waals surface area contributed by atoms with Crippen molar-refractivity contribution in [3.63, 3.8) is 0 Å². The summed E-state index contributed by atoms with van der Waals surface area (Å²) >= 11 is 0. The second kappa shape index (κ2) is 5.38. The van der Waals surface area contributed by atoms with Gasteiger partial charge in [-0.1, -0.05) is 24.3 Å². The van der Waals surface area contributed by atoms with E-state index in [1.165, 1.54) is 48.5 Å². The molecule has 0 saturated carbocycles. The van der Waals surface area contributed by atoms with Gasteiger partial charge in [-0.05, 0) is 29.8 Å². The van der Waals surface area contributed by atoms with E-state index in [0.29, 0.717) is 5.56 Å². The summed E-state index contributed by atoms with van der Waals surface area (Å²) in [5, 5.41) is 9.51. The number of hydrogen-bond acceptors (Lipinski definition) is 3. The van der Waals surface area contributed by atoms with Gasteiger partial charge in [0.05, 0.1) is 0 Å². The Hall–Kier alpha value is -1.92. The van der Waals surface area contributed by atoms with Gasteiger partial charge in [0.25, 0.3) is 0 Å². The molecule has 0 saturated heterocycles. The fourth-order valence-electron chi connectivity index (χ4n) is 1.54. The topological polar surface area (TPSA) is 66.4 Å². The number of aromatic hydroxyl groups is 1. The molecular formula is C13H12FNO3S. The fourth-order valence-corrected chi connectivity index (χ4v) is 2.66. The van der Waals surface area contributed by atoms with Crippen LogP contribution in [0.25, 0.3) is 0 Å². The molecule has 0 radical (unpaired) electrons. The van der Waals surface area contributed by atoms with Crippen molar-refractivity contribution >= 4 is 10.0 Å². The standard InChI is InChI=1S/C13H12FNO3S/c14-11-7-5-10(6-8-11)9-15-19(17,18)13-4-2-1-3-12(13)16/h1-8,15-16H,9H2. The third kappa shape index (κ3) is 3.30. The summed E-state index contributed by atoms with van der Waals surface area (Å²) in [6.07, 6.45) is 0. The average Bonchev–Trinajstić information content (AvgIpc) is 2.38. The highest BCUT2D eigenvalue weighted by atomic mass is 32.2. The number of rotatable bonds is 4. The summed E-state index contributed by atoms with van der Waals surface area (Å²) in [5.74, 6) is -0.693. The van der Waals surface area contributed by atoms with Crippen LogP contribution in [0.15, 0.2) is 53.4 Å². The molecule has 2 N–H and O–H groups in total. The molecule has 2 aromatic carbocycles. The van der Waals surface area contributed by atoms with E-state index in [1.54, 1.807) is 0 Å². The number of sulfonamides is 1. The summed E-state index contributed by atoms with van der Waals surface area (Å²) in [5.41, 5.74) is 0.625. The molecule has 2 rings (SSSR count). The first-order valence-corrected chi connectivity index (χ1v) is 6.99. The third-order valence-electron chi connectivity index (χ3n) is 2.53. The minimum Gasteiger partial charge on any atom is -0.507 e. The monoisotopic (exact) mass is 281 g/mol. The lowest BCUT2D eigenvalue weighted by molar-refractivity contribution is 0.458. The molecule has 0 atom stereocenters. The third-order valence-corrected chi connectivity index (χ3v) is 3.98. The van der Waals surface area contributed by atoms with Crippen molar-refractivity contribution in [2.75, 3.05) is 0 Å². The van der Waals surface area contributed by atoms with Gasteiger partial charge in [-0.15, -0.1) is 0 Å². The minimum absolute atomic E-state index is 0.0247. The number of phenols is 1. The lowest BCUT2D eigenvalue weighted by Gasteiger charge is -2.08. The number of halogens is 1. The minimum atomic E-state index is -3.79. The van der Waals surface area contributed by atoms with Crippen LogP contribution in [0.2, 0.25) is 0 Å². The highest BCUT2D eigenvalue weighted by molar-refractivity contribution is 7.89. The van der Waals surface area contributed by atoms with Gasteiger partial charge < -0.3 is 5.11 Å². The van der Waals surface area contributed by atoms with Crippen molar-refractivity contribution in [3.05, 3.63) is 59.9 Å². The lowest BCUT2D eigenvalue weighted by Crippen LogP contribution is -2.23. The van der Waals surface area contributed by atoms with Crippen LogP contribution in [-0.4, -0.2) is 13.5 Å². The Morgan fingerprint density at radius 1 is 1.05 bits per heavy atom. The van der Waals surface area contributed by atoms with E-state index in [9.17, 15) is 17.9 Å². The molecule has 0 aromatic heterocycles. The predicted octanol–water partition coefficient (Wildman–Crippen LogP) is 2.01. The van der Waals surface area contributed by atoms with E-state index in [2.05, 4.69) is 4.72 Å². The van der Waals surface area contributed by atoms with E-state index in [-0.39, 0.29) is 23.0 Å². The van der Waals surface area contributed by atoms with Crippen molar-refractivity contribution in [3.8, 4) is 5.75 Å².